The lowest BCUT2D eigenvalue weighted by molar-refractivity contribution is 0.445. The molecule has 0 spiro atoms. The highest BCUT2D eigenvalue weighted by Crippen LogP contribution is 2.27. The lowest BCUT2D eigenvalue weighted by Crippen LogP contribution is -2.30. The van der Waals surface area contributed by atoms with Crippen LogP contribution in [0.4, 0.5) is 0 Å². The average Bonchev–Trinajstić information content (AvgIpc) is 3.40. The van der Waals surface area contributed by atoms with Gasteiger partial charge < -0.3 is 0 Å². The monoisotopic (exact) mass is 460 g/mol. The largest absolute Gasteiger partial charge is 0.276 e. The van der Waals surface area contributed by atoms with E-state index >= 15 is 0 Å². The Labute approximate surface area is 183 Å². The van der Waals surface area contributed by atoms with Crippen molar-refractivity contribution in [2.75, 3.05) is 13.1 Å². The second kappa shape index (κ2) is 8.80. The molecule has 0 fully saturated rings. The molecule has 30 heavy (non-hydrogen) atoms. The minimum absolute atomic E-state index is 0.228. The third kappa shape index (κ3) is 4.10. The van der Waals surface area contributed by atoms with Crippen molar-refractivity contribution in [2.24, 2.45) is 0 Å². The molecule has 0 aliphatic carbocycles. The molecule has 4 aromatic heterocycles. The van der Waals surface area contributed by atoms with Gasteiger partial charge in [-0.3, -0.25) is 9.38 Å². The van der Waals surface area contributed by atoms with Crippen LogP contribution in [0.1, 0.15) is 19.5 Å². The standard InChI is InChI=1S/C19H20N6O2S3/c1-3-24(4-2)30(26,27)15-8-9-17-22-23-19(25(17)11-15)29-13-14-12-28-18(21-14)16-7-5-6-10-20-16/h5-12H,3-4,13H2,1-2H3. The fourth-order valence-corrected chi connectivity index (χ4v) is 6.10. The molecule has 0 aliphatic heterocycles. The minimum atomic E-state index is -3.55. The highest BCUT2D eigenvalue weighted by molar-refractivity contribution is 7.98. The van der Waals surface area contributed by atoms with Crippen molar-refractivity contribution in [3.8, 4) is 10.7 Å². The number of thioether (sulfide) groups is 1. The van der Waals surface area contributed by atoms with Gasteiger partial charge in [0.1, 0.15) is 5.01 Å². The SMILES string of the molecule is CCN(CC)S(=O)(=O)c1ccc2nnc(SCc3csc(-c4ccccn4)n3)n2c1. The summed E-state index contributed by atoms with van der Waals surface area (Å²) in [5.41, 5.74) is 2.36. The Kier molecular flexibility index (Phi) is 6.14. The fourth-order valence-electron chi connectivity index (χ4n) is 2.93. The van der Waals surface area contributed by atoms with Gasteiger partial charge in [0.2, 0.25) is 10.0 Å². The Morgan fingerprint density at radius 3 is 2.70 bits per heavy atom. The number of hydrogen-bond donors (Lipinski definition) is 0. The molecular weight excluding hydrogens is 440 g/mol. The first kappa shape index (κ1) is 20.9. The second-order valence-corrected chi connectivity index (χ2v) is 10.1. The smallest absolute Gasteiger partial charge is 0.244 e. The van der Waals surface area contributed by atoms with Gasteiger partial charge in [0.05, 0.1) is 16.3 Å². The summed E-state index contributed by atoms with van der Waals surface area (Å²) < 4.78 is 28.8. The van der Waals surface area contributed by atoms with Gasteiger partial charge >= 0.3 is 0 Å². The number of fused-ring (bicyclic) bond motifs is 1. The van der Waals surface area contributed by atoms with Gasteiger partial charge in [-0.1, -0.05) is 31.7 Å². The molecule has 0 amide bonds. The molecule has 0 bridgehead atoms. The molecule has 0 saturated carbocycles. The van der Waals surface area contributed by atoms with Gasteiger partial charge in [-0.15, -0.1) is 21.5 Å². The van der Waals surface area contributed by atoms with Gasteiger partial charge in [0.15, 0.2) is 10.8 Å². The topological polar surface area (TPSA) is 93.4 Å². The zero-order valence-corrected chi connectivity index (χ0v) is 18.9. The number of aromatic nitrogens is 5. The van der Waals surface area contributed by atoms with Crippen LogP contribution >= 0.6 is 23.1 Å². The van der Waals surface area contributed by atoms with E-state index in [1.165, 1.54) is 16.1 Å². The number of sulfonamides is 1. The van der Waals surface area contributed by atoms with Crippen LogP contribution in [0.25, 0.3) is 16.3 Å². The van der Waals surface area contributed by atoms with Crippen LogP contribution in [-0.2, 0) is 15.8 Å². The number of thiazole rings is 1. The molecule has 0 unspecified atom stereocenters. The Morgan fingerprint density at radius 2 is 1.97 bits per heavy atom. The highest BCUT2D eigenvalue weighted by atomic mass is 32.2. The summed E-state index contributed by atoms with van der Waals surface area (Å²) in [7, 11) is -3.55. The molecule has 0 aliphatic rings. The molecule has 0 aromatic carbocycles. The quantitative estimate of drug-likeness (QED) is 0.371. The molecule has 4 heterocycles. The first-order chi connectivity index (χ1) is 14.5. The van der Waals surface area contributed by atoms with Crippen molar-refractivity contribution in [3.63, 3.8) is 0 Å². The van der Waals surface area contributed by atoms with Gasteiger partial charge in [0, 0.05) is 36.6 Å². The normalized spacial score (nSPS) is 12.1. The maximum absolute atomic E-state index is 12.8. The fraction of sp³-hybridized carbons (Fsp3) is 0.263. The Bertz CT molecular complexity index is 1250. The van der Waals surface area contributed by atoms with Crippen LogP contribution in [0.15, 0.2) is 58.2 Å². The van der Waals surface area contributed by atoms with Crippen molar-refractivity contribution in [1.29, 1.82) is 0 Å². The van der Waals surface area contributed by atoms with Crippen molar-refractivity contribution in [2.45, 2.75) is 29.7 Å². The zero-order chi connectivity index (χ0) is 21.1. The number of rotatable bonds is 8. The van der Waals surface area contributed by atoms with Crippen LogP contribution in [0, 0.1) is 0 Å². The molecule has 11 heteroatoms. The van der Waals surface area contributed by atoms with Crippen molar-refractivity contribution in [3.05, 3.63) is 53.8 Å². The van der Waals surface area contributed by atoms with E-state index in [0.29, 0.717) is 29.6 Å². The number of pyridine rings is 2. The molecule has 0 saturated heterocycles. The molecule has 0 radical (unpaired) electrons. The van der Waals surface area contributed by atoms with Crippen LogP contribution < -0.4 is 0 Å². The molecule has 0 atom stereocenters. The zero-order valence-electron chi connectivity index (χ0n) is 16.5. The molecule has 156 valence electrons. The number of hydrogen-bond acceptors (Lipinski definition) is 8. The summed E-state index contributed by atoms with van der Waals surface area (Å²) >= 11 is 3.00. The first-order valence-electron chi connectivity index (χ1n) is 9.36. The predicted octanol–water partition coefficient (Wildman–Crippen LogP) is 3.57. The molecular formula is C19H20N6O2S3. The lowest BCUT2D eigenvalue weighted by atomic mass is 10.4. The predicted molar refractivity (Wildman–Crippen MR) is 118 cm³/mol. The summed E-state index contributed by atoms with van der Waals surface area (Å²) in [4.78, 5) is 9.19. The lowest BCUT2D eigenvalue weighted by Gasteiger charge is -2.18. The van der Waals surface area contributed by atoms with E-state index in [1.807, 2.05) is 37.4 Å². The van der Waals surface area contributed by atoms with E-state index in [2.05, 4.69) is 20.2 Å². The van der Waals surface area contributed by atoms with E-state index in [1.54, 1.807) is 40.3 Å². The van der Waals surface area contributed by atoms with Gasteiger partial charge in [-0.2, -0.15) is 4.31 Å². The van der Waals surface area contributed by atoms with Crippen LogP contribution in [-0.4, -0.2) is 50.4 Å². The first-order valence-corrected chi connectivity index (χ1v) is 12.7. The van der Waals surface area contributed by atoms with Crippen molar-refractivity contribution >= 4 is 38.8 Å². The Morgan fingerprint density at radius 1 is 1.13 bits per heavy atom. The van der Waals surface area contributed by atoms with E-state index in [9.17, 15) is 8.42 Å². The van der Waals surface area contributed by atoms with E-state index in [4.69, 9.17) is 0 Å². The minimum Gasteiger partial charge on any atom is -0.276 e. The van der Waals surface area contributed by atoms with Gasteiger partial charge in [0.25, 0.3) is 0 Å². The second-order valence-electron chi connectivity index (χ2n) is 6.31. The summed E-state index contributed by atoms with van der Waals surface area (Å²) in [5, 5.41) is 11.8. The average molecular weight is 461 g/mol. The Hall–Kier alpha value is -2.34. The maximum atomic E-state index is 12.8. The van der Waals surface area contributed by atoms with E-state index in [-0.39, 0.29) is 4.90 Å². The third-order valence-corrected chi connectivity index (χ3v) is 8.40. The summed E-state index contributed by atoms with van der Waals surface area (Å²) in [6, 6.07) is 8.99. The molecule has 4 aromatic rings. The van der Waals surface area contributed by atoms with Crippen LogP contribution in [0.3, 0.4) is 0 Å². The van der Waals surface area contributed by atoms with Crippen LogP contribution in [0.5, 0.6) is 0 Å². The van der Waals surface area contributed by atoms with Crippen molar-refractivity contribution < 1.29 is 8.42 Å². The molecule has 8 nitrogen and oxygen atoms in total. The van der Waals surface area contributed by atoms with E-state index in [0.717, 1.165) is 16.4 Å². The van der Waals surface area contributed by atoms with Crippen molar-refractivity contribution in [1.82, 2.24) is 28.9 Å². The summed E-state index contributed by atoms with van der Waals surface area (Å²) in [6.07, 6.45) is 3.34. The van der Waals surface area contributed by atoms with Gasteiger partial charge in [-0.25, -0.2) is 13.4 Å². The van der Waals surface area contributed by atoms with E-state index < -0.39 is 10.0 Å². The molecule has 4 rings (SSSR count). The Balaban J connectivity index is 1.56. The molecule has 0 N–H and O–H groups in total. The summed E-state index contributed by atoms with van der Waals surface area (Å²) in [6.45, 7) is 4.49. The summed E-state index contributed by atoms with van der Waals surface area (Å²) in [5.74, 6) is 0.594. The van der Waals surface area contributed by atoms with Gasteiger partial charge in [-0.05, 0) is 24.3 Å². The maximum Gasteiger partial charge on any atom is 0.244 e. The third-order valence-electron chi connectivity index (χ3n) is 4.47. The highest BCUT2D eigenvalue weighted by Gasteiger charge is 2.22. The number of nitrogens with zero attached hydrogens (tertiary/aromatic N) is 6. The van der Waals surface area contributed by atoms with Crippen LogP contribution in [0.2, 0.25) is 0 Å².